The molecule has 0 bridgehead atoms. The number of carbonyl (C=O) groups is 2. The highest BCUT2D eigenvalue weighted by Crippen LogP contribution is 2.14. The second-order valence-corrected chi connectivity index (χ2v) is 5.95. The van der Waals surface area contributed by atoms with Gasteiger partial charge in [0.1, 0.15) is 0 Å². The molecule has 4 nitrogen and oxygen atoms in total. The molecule has 21 heavy (non-hydrogen) atoms. The first-order valence-electron chi connectivity index (χ1n) is 7.38. The van der Waals surface area contributed by atoms with Crippen LogP contribution in [0.3, 0.4) is 0 Å². The number of Topliss-reactive ketones (excluding diaryl/α,β-unsaturated/α-hetero) is 1. The lowest BCUT2D eigenvalue weighted by atomic mass is 9.96. The monoisotopic (exact) mass is 291 g/mol. The number of carboxylic acid groups (broad SMARTS) is 1. The summed E-state index contributed by atoms with van der Waals surface area (Å²) in [7, 11) is 0. The highest BCUT2D eigenvalue weighted by molar-refractivity contribution is 6.00. The van der Waals surface area contributed by atoms with Gasteiger partial charge in [-0.2, -0.15) is 0 Å². The third kappa shape index (κ3) is 5.68. The maximum Gasteiger partial charge on any atom is 0.303 e. The predicted molar refractivity (Wildman–Crippen MR) is 83.7 cm³/mol. The Labute approximate surface area is 126 Å². The van der Waals surface area contributed by atoms with Gasteiger partial charge in [0.05, 0.1) is 6.04 Å². The maximum atomic E-state index is 12.6. The molecule has 0 saturated carbocycles. The van der Waals surface area contributed by atoms with Crippen LogP contribution < -0.4 is 5.32 Å². The van der Waals surface area contributed by atoms with Crippen molar-refractivity contribution in [2.45, 2.75) is 46.6 Å². The molecule has 0 fully saturated rings. The van der Waals surface area contributed by atoms with Crippen LogP contribution in [0.2, 0.25) is 0 Å². The Morgan fingerprint density at radius 2 is 1.86 bits per heavy atom. The van der Waals surface area contributed by atoms with E-state index < -0.39 is 12.0 Å². The fourth-order valence-corrected chi connectivity index (χ4v) is 2.07. The number of rotatable bonds is 8. The summed E-state index contributed by atoms with van der Waals surface area (Å²) in [5.74, 6) is -0.496. The predicted octanol–water partition coefficient (Wildman–Crippen LogP) is 2.97. The molecule has 0 saturated heterocycles. The molecule has 0 aliphatic heterocycles. The van der Waals surface area contributed by atoms with Crippen LogP contribution in [-0.2, 0) is 4.79 Å². The van der Waals surface area contributed by atoms with E-state index in [1.807, 2.05) is 32.0 Å². The van der Waals surface area contributed by atoms with E-state index in [4.69, 9.17) is 5.11 Å². The van der Waals surface area contributed by atoms with Crippen molar-refractivity contribution in [3.05, 3.63) is 34.9 Å². The zero-order valence-corrected chi connectivity index (χ0v) is 13.3. The highest BCUT2D eigenvalue weighted by Gasteiger charge is 2.21. The third-order valence-electron chi connectivity index (χ3n) is 3.53. The number of aryl methyl sites for hydroxylation is 2. The van der Waals surface area contributed by atoms with E-state index in [9.17, 15) is 9.59 Å². The van der Waals surface area contributed by atoms with Crippen LogP contribution in [-0.4, -0.2) is 29.4 Å². The molecule has 1 aromatic rings. The number of hydrogen-bond acceptors (Lipinski definition) is 3. The van der Waals surface area contributed by atoms with Crippen LogP contribution in [0.5, 0.6) is 0 Å². The Hall–Kier alpha value is -1.68. The third-order valence-corrected chi connectivity index (χ3v) is 3.53. The lowest BCUT2D eigenvalue weighted by Gasteiger charge is -2.19. The van der Waals surface area contributed by atoms with Crippen molar-refractivity contribution in [1.29, 1.82) is 0 Å². The van der Waals surface area contributed by atoms with Crippen molar-refractivity contribution >= 4 is 11.8 Å². The number of hydrogen-bond donors (Lipinski definition) is 2. The van der Waals surface area contributed by atoms with Gasteiger partial charge in [-0.25, -0.2) is 0 Å². The average molecular weight is 291 g/mol. The summed E-state index contributed by atoms with van der Waals surface area (Å²) < 4.78 is 0. The Morgan fingerprint density at radius 3 is 2.38 bits per heavy atom. The molecule has 1 atom stereocenters. The Morgan fingerprint density at radius 1 is 1.19 bits per heavy atom. The zero-order valence-electron chi connectivity index (χ0n) is 13.3. The molecule has 1 unspecified atom stereocenters. The summed E-state index contributed by atoms with van der Waals surface area (Å²) in [5.41, 5.74) is 2.86. The average Bonchev–Trinajstić information content (AvgIpc) is 2.40. The summed E-state index contributed by atoms with van der Waals surface area (Å²) >= 11 is 0. The van der Waals surface area contributed by atoms with Crippen molar-refractivity contribution < 1.29 is 14.7 Å². The smallest absolute Gasteiger partial charge is 0.303 e. The first-order chi connectivity index (χ1) is 9.81. The molecule has 4 heteroatoms. The number of aliphatic carboxylic acids is 1. The first kappa shape index (κ1) is 17.4. The lowest BCUT2D eigenvalue weighted by Crippen LogP contribution is -2.39. The fourth-order valence-electron chi connectivity index (χ4n) is 2.07. The number of ketones is 1. The molecule has 0 aromatic heterocycles. The normalized spacial score (nSPS) is 12.4. The van der Waals surface area contributed by atoms with Crippen molar-refractivity contribution in [2.24, 2.45) is 5.92 Å². The summed E-state index contributed by atoms with van der Waals surface area (Å²) in [4.78, 5) is 23.3. The molecule has 1 aromatic carbocycles. The number of benzene rings is 1. The molecule has 0 amide bonds. The standard InChI is InChI=1S/C17H25NO3/c1-11(2)10-18-15(7-8-16(19)20)17(21)14-6-5-12(3)13(4)9-14/h5-6,9,11,15,18H,7-8,10H2,1-4H3,(H,19,20). The van der Waals surface area contributed by atoms with Crippen LogP contribution in [0.25, 0.3) is 0 Å². The molecule has 0 aliphatic carbocycles. The second-order valence-electron chi connectivity index (χ2n) is 5.95. The number of carbonyl (C=O) groups excluding carboxylic acids is 1. The van der Waals surface area contributed by atoms with Gasteiger partial charge in [0.15, 0.2) is 5.78 Å². The molecule has 0 heterocycles. The molecule has 2 N–H and O–H groups in total. The van der Waals surface area contributed by atoms with Crippen LogP contribution in [0.4, 0.5) is 0 Å². The van der Waals surface area contributed by atoms with Gasteiger partial charge in [0, 0.05) is 12.0 Å². The van der Waals surface area contributed by atoms with Gasteiger partial charge in [-0.05, 0) is 49.9 Å². The van der Waals surface area contributed by atoms with Gasteiger partial charge in [-0.3, -0.25) is 9.59 Å². The van der Waals surface area contributed by atoms with Gasteiger partial charge in [0.25, 0.3) is 0 Å². The number of carboxylic acids is 1. The van der Waals surface area contributed by atoms with Gasteiger partial charge in [-0.1, -0.05) is 26.0 Å². The minimum absolute atomic E-state index is 0.00759. The van der Waals surface area contributed by atoms with Crippen molar-refractivity contribution in [1.82, 2.24) is 5.32 Å². The Kier molecular flexibility index (Phi) is 6.56. The summed E-state index contributed by atoms with van der Waals surface area (Å²) in [6.07, 6.45) is 0.306. The minimum atomic E-state index is -0.876. The number of nitrogens with one attached hydrogen (secondary N) is 1. The van der Waals surface area contributed by atoms with E-state index in [1.165, 1.54) is 0 Å². The van der Waals surface area contributed by atoms with Gasteiger partial charge >= 0.3 is 5.97 Å². The van der Waals surface area contributed by atoms with Crippen LogP contribution in [0, 0.1) is 19.8 Å². The van der Waals surface area contributed by atoms with Gasteiger partial charge in [-0.15, -0.1) is 0 Å². The lowest BCUT2D eigenvalue weighted by molar-refractivity contribution is -0.137. The van der Waals surface area contributed by atoms with E-state index in [-0.39, 0.29) is 12.2 Å². The molecule has 0 spiro atoms. The summed E-state index contributed by atoms with van der Waals surface area (Å²) in [6.45, 7) is 8.78. The first-order valence-corrected chi connectivity index (χ1v) is 7.38. The van der Waals surface area contributed by atoms with E-state index in [0.29, 0.717) is 24.4 Å². The molecular weight excluding hydrogens is 266 g/mol. The van der Waals surface area contributed by atoms with Gasteiger partial charge < -0.3 is 10.4 Å². The van der Waals surface area contributed by atoms with Crippen LogP contribution in [0.15, 0.2) is 18.2 Å². The second kappa shape index (κ2) is 7.93. The van der Waals surface area contributed by atoms with E-state index >= 15 is 0 Å². The molecular formula is C17H25NO3. The summed E-state index contributed by atoms with van der Waals surface area (Å²) in [5, 5.41) is 12.0. The van der Waals surface area contributed by atoms with E-state index in [0.717, 1.165) is 11.1 Å². The molecule has 116 valence electrons. The molecule has 0 radical (unpaired) electrons. The highest BCUT2D eigenvalue weighted by atomic mass is 16.4. The largest absolute Gasteiger partial charge is 0.481 e. The van der Waals surface area contributed by atoms with Crippen molar-refractivity contribution in [3.8, 4) is 0 Å². The summed E-state index contributed by atoms with van der Waals surface area (Å²) in [6, 6.07) is 5.18. The van der Waals surface area contributed by atoms with E-state index in [1.54, 1.807) is 0 Å². The SMILES string of the molecule is Cc1ccc(C(=O)C(CCC(=O)O)NCC(C)C)cc1C. The Balaban J connectivity index is 2.86. The quantitative estimate of drug-likeness (QED) is 0.723. The maximum absolute atomic E-state index is 12.6. The zero-order chi connectivity index (χ0) is 16.0. The van der Waals surface area contributed by atoms with Crippen molar-refractivity contribution in [3.63, 3.8) is 0 Å². The van der Waals surface area contributed by atoms with Crippen LogP contribution >= 0.6 is 0 Å². The van der Waals surface area contributed by atoms with Gasteiger partial charge in [0.2, 0.25) is 0 Å². The molecule has 1 rings (SSSR count). The fraction of sp³-hybridized carbons (Fsp3) is 0.529. The van der Waals surface area contributed by atoms with Crippen molar-refractivity contribution in [2.75, 3.05) is 6.54 Å². The van der Waals surface area contributed by atoms with Crippen LogP contribution in [0.1, 0.15) is 48.2 Å². The van der Waals surface area contributed by atoms with E-state index in [2.05, 4.69) is 19.2 Å². The minimum Gasteiger partial charge on any atom is -0.481 e. The molecule has 0 aliphatic rings. The topological polar surface area (TPSA) is 66.4 Å². The Bertz CT molecular complexity index is 509.